The van der Waals surface area contributed by atoms with E-state index in [0.717, 1.165) is 39.1 Å². The summed E-state index contributed by atoms with van der Waals surface area (Å²) in [6.07, 6.45) is 1.95. The lowest BCUT2D eigenvalue weighted by molar-refractivity contribution is 0.842. The van der Waals surface area contributed by atoms with Crippen LogP contribution in [0.25, 0.3) is 33.4 Å². The van der Waals surface area contributed by atoms with E-state index in [1.165, 1.54) is 22.3 Å². The Morgan fingerprint density at radius 3 is 2.13 bits per heavy atom. The molecule has 1 aromatic heterocycles. The first-order chi connectivity index (χ1) is 19.2. The van der Waals surface area contributed by atoms with Gasteiger partial charge in [-0.2, -0.15) is 0 Å². The molecule has 1 heterocycles. The molecule has 0 saturated carbocycles. The van der Waals surface area contributed by atoms with Crippen molar-refractivity contribution in [3.8, 4) is 11.1 Å². The average molecular weight is 505 g/mol. The minimum absolute atomic E-state index is 0.847. The van der Waals surface area contributed by atoms with Gasteiger partial charge in [0.15, 0.2) is 0 Å². The second-order valence-electron chi connectivity index (χ2n) is 9.66. The van der Waals surface area contributed by atoms with Crippen LogP contribution >= 0.6 is 0 Å². The molecular formula is C35H28N4. The van der Waals surface area contributed by atoms with E-state index in [2.05, 4.69) is 127 Å². The van der Waals surface area contributed by atoms with Gasteiger partial charge in [0.1, 0.15) is 5.52 Å². The van der Waals surface area contributed by atoms with E-state index in [4.69, 9.17) is 4.99 Å². The molecule has 0 saturated heterocycles. The Balaban J connectivity index is 1.54. The topological polar surface area (TPSA) is 43.1 Å². The fourth-order valence-electron chi connectivity index (χ4n) is 4.73. The monoisotopic (exact) mass is 504 g/mol. The van der Waals surface area contributed by atoms with Crippen LogP contribution in [0.5, 0.6) is 0 Å². The summed E-state index contributed by atoms with van der Waals surface area (Å²) in [7, 11) is 0. The van der Waals surface area contributed by atoms with E-state index in [1.54, 1.807) is 0 Å². The quantitative estimate of drug-likeness (QED) is 0.168. The van der Waals surface area contributed by atoms with Gasteiger partial charge in [-0.25, -0.2) is 4.68 Å². The number of nitrogens with zero attached hydrogens (tertiary/aromatic N) is 4. The molecule has 0 spiro atoms. The minimum atomic E-state index is 0.847. The van der Waals surface area contributed by atoms with E-state index in [9.17, 15) is 0 Å². The van der Waals surface area contributed by atoms with Gasteiger partial charge in [-0.05, 0) is 60.9 Å². The van der Waals surface area contributed by atoms with E-state index in [0.29, 0.717) is 0 Å². The fourth-order valence-corrected chi connectivity index (χ4v) is 4.73. The Morgan fingerprint density at radius 2 is 1.36 bits per heavy atom. The highest BCUT2D eigenvalue weighted by molar-refractivity contribution is 6.20. The Morgan fingerprint density at radius 1 is 0.641 bits per heavy atom. The molecule has 188 valence electrons. The summed E-state index contributed by atoms with van der Waals surface area (Å²) in [4.78, 5) is 4.95. The number of rotatable bonds is 6. The average Bonchev–Trinajstić information content (AvgIpc) is 3.40. The molecule has 0 aliphatic rings. The van der Waals surface area contributed by atoms with Crippen LogP contribution in [0.4, 0.5) is 5.69 Å². The van der Waals surface area contributed by atoms with E-state index >= 15 is 0 Å². The van der Waals surface area contributed by atoms with E-state index < -0.39 is 0 Å². The first-order valence-corrected chi connectivity index (χ1v) is 13.0. The summed E-state index contributed by atoms with van der Waals surface area (Å²) in [6, 6.07) is 43.8. The molecule has 39 heavy (non-hydrogen) atoms. The zero-order valence-corrected chi connectivity index (χ0v) is 22.0. The third-order valence-electron chi connectivity index (χ3n) is 6.79. The predicted molar refractivity (Wildman–Crippen MR) is 162 cm³/mol. The van der Waals surface area contributed by atoms with Crippen LogP contribution in [-0.2, 0) is 0 Å². The zero-order chi connectivity index (χ0) is 26.6. The van der Waals surface area contributed by atoms with E-state index in [1.807, 2.05) is 35.2 Å². The number of aryl methyl sites for hydroxylation is 2. The van der Waals surface area contributed by atoms with Crippen molar-refractivity contribution in [2.75, 3.05) is 0 Å². The zero-order valence-electron chi connectivity index (χ0n) is 22.0. The van der Waals surface area contributed by atoms with Crippen molar-refractivity contribution in [3.63, 3.8) is 0 Å². The molecular weight excluding hydrogens is 476 g/mol. The van der Waals surface area contributed by atoms with Gasteiger partial charge in [-0.1, -0.05) is 113 Å². The third-order valence-corrected chi connectivity index (χ3v) is 6.79. The molecule has 5 aromatic carbocycles. The summed E-state index contributed by atoms with van der Waals surface area (Å²) in [5, 5.41) is 9.08. The number of hydrogen-bond donors (Lipinski definition) is 0. The standard InChI is InChI=1S/C35H28N4/c1-25-15-17-29(18-16-25)32(24-36-31-21-19-28(20-22-31)27-10-4-3-5-11-27)35(30-12-8-9-26(2)23-30)39-34-14-7-6-13-33(34)37-38-39/h3-24H,1-2H3/b35-32-,36-24?. The first-order valence-electron chi connectivity index (χ1n) is 13.0. The molecule has 0 fully saturated rings. The second-order valence-corrected chi connectivity index (χ2v) is 9.66. The van der Waals surface area contributed by atoms with Crippen LogP contribution in [0.3, 0.4) is 0 Å². The van der Waals surface area contributed by atoms with Crippen LogP contribution in [0.2, 0.25) is 0 Å². The van der Waals surface area contributed by atoms with Crippen LogP contribution in [0.1, 0.15) is 22.3 Å². The SMILES string of the molecule is Cc1ccc(/C(C=Nc2ccc(-c3ccccc3)cc2)=C(/c2cccc(C)c2)n2nnc3ccccc32)cc1. The largest absolute Gasteiger partial charge is 0.256 e. The predicted octanol–water partition coefficient (Wildman–Crippen LogP) is 8.53. The van der Waals surface area contributed by atoms with Gasteiger partial charge >= 0.3 is 0 Å². The van der Waals surface area contributed by atoms with Crippen molar-refractivity contribution in [1.29, 1.82) is 0 Å². The van der Waals surface area contributed by atoms with Crippen molar-refractivity contribution in [2.45, 2.75) is 13.8 Å². The molecule has 0 unspecified atom stereocenters. The molecule has 6 aromatic rings. The Kier molecular flexibility index (Phi) is 6.67. The first kappa shape index (κ1) is 24.3. The lowest BCUT2D eigenvalue weighted by Crippen LogP contribution is -2.06. The highest BCUT2D eigenvalue weighted by atomic mass is 15.4. The summed E-state index contributed by atoms with van der Waals surface area (Å²) in [5.41, 5.74) is 11.4. The number of para-hydroxylation sites is 1. The smallest absolute Gasteiger partial charge is 0.113 e. The van der Waals surface area contributed by atoms with Crippen molar-refractivity contribution < 1.29 is 0 Å². The normalized spacial score (nSPS) is 12.2. The maximum Gasteiger partial charge on any atom is 0.113 e. The van der Waals surface area contributed by atoms with Gasteiger partial charge in [0.05, 0.1) is 16.9 Å². The Labute approximate surface area is 228 Å². The second kappa shape index (κ2) is 10.7. The van der Waals surface area contributed by atoms with Crippen LogP contribution < -0.4 is 0 Å². The maximum absolute atomic E-state index is 4.95. The van der Waals surface area contributed by atoms with Gasteiger partial charge in [-0.3, -0.25) is 4.99 Å². The van der Waals surface area contributed by atoms with E-state index in [-0.39, 0.29) is 0 Å². The number of benzene rings is 5. The molecule has 0 bridgehead atoms. The lowest BCUT2D eigenvalue weighted by Gasteiger charge is -2.15. The number of allylic oxidation sites excluding steroid dienone is 1. The summed E-state index contributed by atoms with van der Waals surface area (Å²) in [6.45, 7) is 4.20. The third kappa shape index (κ3) is 5.18. The van der Waals surface area contributed by atoms with Gasteiger partial charge in [0.2, 0.25) is 0 Å². The number of aliphatic imine (C=N–C) groups is 1. The summed E-state index contributed by atoms with van der Waals surface area (Å²) < 4.78 is 1.93. The molecule has 0 aliphatic carbocycles. The molecule has 0 amide bonds. The number of hydrogen-bond acceptors (Lipinski definition) is 3. The highest BCUT2D eigenvalue weighted by Crippen LogP contribution is 2.31. The fraction of sp³-hybridized carbons (Fsp3) is 0.0571. The van der Waals surface area contributed by atoms with Crippen molar-refractivity contribution in [3.05, 3.63) is 150 Å². The van der Waals surface area contributed by atoms with Crippen LogP contribution in [-0.4, -0.2) is 21.2 Å². The molecule has 6 rings (SSSR count). The van der Waals surface area contributed by atoms with Crippen LogP contribution in [0.15, 0.2) is 132 Å². The lowest BCUT2D eigenvalue weighted by atomic mass is 9.98. The number of aromatic nitrogens is 3. The summed E-state index contributed by atoms with van der Waals surface area (Å²) >= 11 is 0. The molecule has 0 N–H and O–H groups in total. The van der Waals surface area contributed by atoms with Crippen molar-refractivity contribution >= 4 is 34.2 Å². The summed E-state index contributed by atoms with van der Waals surface area (Å²) in [5.74, 6) is 0. The Bertz CT molecular complexity index is 1790. The van der Waals surface area contributed by atoms with Gasteiger partial charge in [-0.15, -0.1) is 5.10 Å². The van der Waals surface area contributed by atoms with Gasteiger partial charge in [0, 0.05) is 17.4 Å². The van der Waals surface area contributed by atoms with Crippen molar-refractivity contribution in [1.82, 2.24) is 15.0 Å². The van der Waals surface area contributed by atoms with Crippen molar-refractivity contribution in [2.24, 2.45) is 4.99 Å². The number of fused-ring (bicyclic) bond motifs is 1. The maximum atomic E-state index is 4.95. The van der Waals surface area contributed by atoms with Crippen LogP contribution in [0, 0.1) is 13.8 Å². The van der Waals surface area contributed by atoms with Gasteiger partial charge < -0.3 is 0 Å². The molecule has 0 atom stereocenters. The molecule has 0 radical (unpaired) electrons. The highest BCUT2D eigenvalue weighted by Gasteiger charge is 2.17. The Hall–Kier alpha value is -5.09. The molecule has 4 heteroatoms. The minimum Gasteiger partial charge on any atom is -0.256 e. The van der Waals surface area contributed by atoms with Gasteiger partial charge in [0.25, 0.3) is 0 Å². The molecule has 0 aliphatic heterocycles. The molecule has 4 nitrogen and oxygen atoms in total.